The average Bonchev–Trinajstić information content (AvgIpc) is 2.90. The van der Waals surface area contributed by atoms with Crippen LogP contribution >= 0.6 is 27.3 Å². The second-order valence-corrected chi connectivity index (χ2v) is 7.13. The van der Waals surface area contributed by atoms with Gasteiger partial charge in [-0.25, -0.2) is 0 Å². The first-order valence-electron chi connectivity index (χ1n) is 7.84. The Balaban J connectivity index is 2.19. The van der Waals surface area contributed by atoms with Crippen molar-refractivity contribution in [2.24, 2.45) is 5.92 Å². The molecule has 0 spiro atoms. The minimum atomic E-state index is 0.297. The van der Waals surface area contributed by atoms with Crippen molar-refractivity contribution >= 4 is 27.3 Å². The van der Waals surface area contributed by atoms with Gasteiger partial charge in [0.25, 0.3) is 0 Å². The molecular formula is C16H26BrNOS. The predicted molar refractivity (Wildman–Crippen MR) is 90.4 cm³/mol. The monoisotopic (exact) mass is 359 g/mol. The van der Waals surface area contributed by atoms with Crippen LogP contribution in [0.15, 0.2) is 15.2 Å². The highest BCUT2D eigenvalue weighted by Crippen LogP contribution is 2.37. The van der Waals surface area contributed by atoms with Crippen LogP contribution in [0.5, 0.6) is 0 Å². The summed E-state index contributed by atoms with van der Waals surface area (Å²) in [5, 5.41) is 8.09. The van der Waals surface area contributed by atoms with Crippen LogP contribution in [0.3, 0.4) is 0 Å². The van der Waals surface area contributed by atoms with Crippen molar-refractivity contribution in [3.05, 3.63) is 20.8 Å². The molecule has 1 aromatic heterocycles. The summed E-state index contributed by atoms with van der Waals surface area (Å²) in [5.74, 6) is 0.694. The first kappa shape index (κ1) is 16.5. The molecule has 0 aliphatic heterocycles. The van der Waals surface area contributed by atoms with E-state index >= 15 is 0 Å². The number of thiophene rings is 1. The Morgan fingerprint density at radius 2 is 2.05 bits per heavy atom. The Labute approximate surface area is 135 Å². The molecule has 1 N–H and O–H groups in total. The van der Waals surface area contributed by atoms with E-state index in [4.69, 9.17) is 4.74 Å². The second kappa shape index (κ2) is 8.52. The van der Waals surface area contributed by atoms with Gasteiger partial charge in [0, 0.05) is 16.5 Å². The maximum atomic E-state index is 6.20. The highest BCUT2D eigenvalue weighted by Gasteiger charge is 2.32. The Morgan fingerprint density at radius 3 is 2.60 bits per heavy atom. The van der Waals surface area contributed by atoms with Gasteiger partial charge in [0.05, 0.1) is 12.1 Å². The Bertz CT molecular complexity index is 390. The summed E-state index contributed by atoms with van der Waals surface area (Å²) in [6, 6.07) is 0.309. The maximum absolute atomic E-state index is 6.20. The van der Waals surface area contributed by atoms with Crippen LogP contribution in [0.25, 0.3) is 0 Å². The number of halogens is 1. The van der Waals surface area contributed by atoms with Gasteiger partial charge >= 0.3 is 0 Å². The van der Waals surface area contributed by atoms with Crippen LogP contribution in [0.4, 0.5) is 0 Å². The molecule has 2 nitrogen and oxygen atoms in total. The minimum absolute atomic E-state index is 0.297. The number of hydrogen-bond donors (Lipinski definition) is 1. The van der Waals surface area contributed by atoms with E-state index in [1.807, 2.05) is 0 Å². The first-order chi connectivity index (χ1) is 9.77. The van der Waals surface area contributed by atoms with E-state index < -0.39 is 0 Å². The smallest absolute Gasteiger partial charge is 0.0798 e. The molecule has 2 unspecified atom stereocenters. The summed E-state index contributed by atoms with van der Waals surface area (Å²) in [4.78, 5) is 0. The predicted octanol–water partition coefficient (Wildman–Crippen LogP) is 5.15. The topological polar surface area (TPSA) is 21.3 Å². The number of ether oxygens (including phenoxy) is 1. The van der Waals surface area contributed by atoms with Crippen LogP contribution in [-0.2, 0) is 4.74 Å². The Hall–Kier alpha value is 0.1000. The highest BCUT2D eigenvalue weighted by atomic mass is 79.9. The lowest BCUT2D eigenvalue weighted by Crippen LogP contribution is -2.39. The van der Waals surface area contributed by atoms with Gasteiger partial charge in [-0.2, -0.15) is 11.3 Å². The van der Waals surface area contributed by atoms with E-state index in [2.05, 4.69) is 45.9 Å². The third-order valence-corrected chi connectivity index (χ3v) is 5.96. The molecule has 1 saturated carbocycles. The third-order valence-electron chi connectivity index (χ3n) is 4.20. The van der Waals surface area contributed by atoms with E-state index in [-0.39, 0.29) is 0 Å². The zero-order chi connectivity index (χ0) is 14.4. The molecule has 0 aromatic carbocycles. The van der Waals surface area contributed by atoms with E-state index in [0.717, 1.165) is 13.2 Å². The molecule has 2 rings (SSSR count). The van der Waals surface area contributed by atoms with Gasteiger partial charge < -0.3 is 10.1 Å². The molecule has 4 heteroatoms. The van der Waals surface area contributed by atoms with Crippen LogP contribution in [0, 0.1) is 5.92 Å². The lowest BCUT2D eigenvalue weighted by Gasteiger charge is -2.36. The molecule has 0 amide bonds. The Morgan fingerprint density at radius 1 is 1.30 bits per heavy atom. The summed E-state index contributed by atoms with van der Waals surface area (Å²) in [6.45, 7) is 6.06. The van der Waals surface area contributed by atoms with Crippen molar-refractivity contribution in [2.75, 3.05) is 13.2 Å². The largest absolute Gasteiger partial charge is 0.376 e. The van der Waals surface area contributed by atoms with Gasteiger partial charge in [0.2, 0.25) is 0 Å². The molecule has 1 aliphatic rings. The van der Waals surface area contributed by atoms with Crippen LogP contribution in [0.2, 0.25) is 0 Å². The third kappa shape index (κ3) is 4.06. The molecule has 0 radical (unpaired) electrons. The quantitative estimate of drug-likeness (QED) is 0.726. The molecule has 0 saturated heterocycles. The fourth-order valence-corrected chi connectivity index (χ4v) is 4.88. The molecule has 1 heterocycles. The number of nitrogens with one attached hydrogen (secondary N) is 1. The van der Waals surface area contributed by atoms with Crippen molar-refractivity contribution < 1.29 is 4.74 Å². The lowest BCUT2D eigenvalue weighted by atomic mass is 9.81. The molecule has 2 atom stereocenters. The average molecular weight is 360 g/mol. The molecule has 1 aliphatic carbocycles. The van der Waals surface area contributed by atoms with Crippen molar-refractivity contribution in [3.8, 4) is 0 Å². The highest BCUT2D eigenvalue weighted by molar-refractivity contribution is 9.10. The van der Waals surface area contributed by atoms with Crippen LogP contribution < -0.4 is 5.32 Å². The summed E-state index contributed by atoms with van der Waals surface area (Å²) >= 11 is 5.46. The van der Waals surface area contributed by atoms with Crippen molar-refractivity contribution in [2.45, 2.75) is 58.1 Å². The van der Waals surface area contributed by atoms with Crippen molar-refractivity contribution in [1.29, 1.82) is 0 Å². The lowest BCUT2D eigenvalue weighted by molar-refractivity contribution is -0.0181. The molecule has 114 valence electrons. The van der Waals surface area contributed by atoms with Gasteiger partial charge in [0.15, 0.2) is 0 Å². The SMILES string of the molecule is CCNC(c1cscc1Br)C(OCC)C1CCCCC1. The fraction of sp³-hybridized carbons (Fsp3) is 0.750. The molecule has 1 fully saturated rings. The maximum Gasteiger partial charge on any atom is 0.0798 e. The summed E-state index contributed by atoms with van der Waals surface area (Å²) in [6.07, 6.45) is 7.04. The van der Waals surface area contributed by atoms with Crippen LogP contribution in [-0.4, -0.2) is 19.3 Å². The second-order valence-electron chi connectivity index (χ2n) is 5.53. The van der Waals surface area contributed by atoms with Crippen molar-refractivity contribution in [3.63, 3.8) is 0 Å². The van der Waals surface area contributed by atoms with E-state index in [1.54, 1.807) is 11.3 Å². The van der Waals surface area contributed by atoms with Gasteiger partial charge in [-0.1, -0.05) is 26.2 Å². The van der Waals surface area contributed by atoms with Gasteiger partial charge in [-0.15, -0.1) is 0 Å². The zero-order valence-electron chi connectivity index (χ0n) is 12.5. The summed E-state index contributed by atoms with van der Waals surface area (Å²) in [7, 11) is 0. The summed E-state index contributed by atoms with van der Waals surface area (Å²) < 4.78 is 7.41. The van der Waals surface area contributed by atoms with Crippen molar-refractivity contribution in [1.82, 2.24) is 5.32 Å². The minimum Gasteiger partial charge on any atom is -0.376 e. The summed E-state index contributed by atoms with van der Waals surface area (Å²) in [5.41, 5.74) is 1.36. The number of rotatable bonds is 7. The van der Waals surface area contributed by atoms with Gasteiger partial charge in [-0.05, 0) is 59.1 Å². The zero-order valence-corrected chi connectivity index (χ0v) is 14.9. The number of hydrogen-bond acceptors (Lipinski definition) is 3. The molecular weight excluding hydrogens is 334 g/mol. The molecule has 20 heavy (non-hydrogen) atoms. The first-order valence-corrected chi connectivity index (χ1v) is 9.58. The molecule has 0 bridgehead atoms. The fourth-order valence-electron chi connectivity index (χ4n) is 3.30. The standard InChI is InChI=1S/C16H26BrNOS/c1-3-18-15(13-10-20-11-14(13)17)16(19-4-2)12-8-6-5-7-9-12/h10-12,15-16,18H,3-9H2,1-2H3. The van der Waals surface area contributed by atoms with Gasteiger partial charge in [0.1, 0.15) is 0 Å². The van der Waals surface area contributed by atoms with E-state index in [9.17, 15) is 0 Å². The number of likely N-dealkylation sites (N-methyl/N-ethyl adjacent to an activating group) is 1. The van der Waals surface area contributed by atoms with Gasteiger partial charge in [-0.3, -0.25) is 0 Å². The molecule has 1 aromatic rings. The van der Waals surface area contributed by atoms with Crippen LogP contribution in [0.1, 0.15) is 57.6 Å². The van der Waals surface area contributed by atoms with E-state index in [0.29, 0.717) is 18.1 Å². The van der Waals surface area contributed by atoms with E-state index in [1.165, 1.54) is 42.1 Å². The normalized spacial score (nSPS) is 19.9. The Kier molecular flexibility index (Phi) is 7.02.